The maximum absolute atomic E-state index is 12.5. The van der Waals surface area contributed by atoms with E-state index in [2.05, 4.69) is 4.90 Å². The van der Waals surface area contributed by atoms with Crippen molar-refractivity contribution in [2.24, 2.45) is 0 Å². The van der Waals surface area contributed by atoms with E-state index < -0.39 is 6.10 Å². The summed E-state index contributed by atoms with van der Waals surface area (Å²) in [5.41, 5.74) is 0.821. The molecule has 1 N–H and O–H groups in total. The predicted molar refractivity (Wildman–Crippen MR) is 94.1 cm³/mol. The highest BCUT2D eigenvalue weighted by atomic mass is 35.5. The van der Waals surface area contributed by atoms with Crippen molar-refractivity contribution in [3.05, 3.63) is 33.8 Å². The number of aliphatic hydroxyl groups is 1. The Morgan fingerprint density at radius 1 is 1.30 bits per heavy atom. The van der Waals surface area contributed by atoms with E-state index in [1.54, 1.807) is 37.1 Å². The standard InChI is InChI=1S/C17H24Cl2N2O2/c1-12(22)16(11-21-7-3-4-8-21)20(2)17(23)10-13-5-6-14(18)15(19)9-13/h5-6,9,12,16,22H,3-4,7-8,10-11H2,1-2H3. The van der Waals surface area contributed by atoms with Gasteiger partial charge in [-0.1, -0.05) is 29.3 Å². The number of likely N-dealkylation sites (tertiary alicyclic amines) is 1. The molecule has 1 amide bonds. The van der Waals surface area contributed by atoms with Gasteiger partial charge in [0.1, 0.15) is 0 Å². The highest BCUT2D eigenvalue weighted by molar-refractivity contribution is 6.42. The summed E-state index contributed by atoms with van der Waals surface area (Å²) in [7, 11) is 1.76. The van der Waals surface area contributed by atoms with Gasteiger partial charge in [-0.2, -0.15) is 0 Å². The molecule has 0 saturated carbocycles. The zero-order chi connectivity index (χ0) is 17.0. The Balaban J connectivity index is 2.01. The molecule has 6 heteroatoms. The highest BCUT2D eigenvalue weighted by Gasteiger charge is 2.27. The molecule has 0 spiro atoms. The number of aliphatic hydroxyl groups excluding tert-OH is 1. The van der Waals surface area contributed by atoms with Crippen LogP contribution in [0.2, 0.25) is 10.0 Å². The molecule has 2 unspecified atom stereocenters. The lowest BCUT2D eigenvalue weighted by atomic mass is 10.1. The van der Waals surface area contributed by atoms with Gasteiger partial charge in [-0.3, -0.25) is 4.79 Å². The number of rotatable bonds is 6. The third-order valence-electron chi connectivity index (χ3n) is 4.43. The number of carbonyl (C=O) groups is 1. The van der Waals surface area contributed by atoms with Gasteiger partial charge in [-0.25, -0.2) is 0 Å². The fourth-order valence-electron chi connectivity index (χ4n) is 2.96. The molecule has 0 radical (unpaired) electrons. The molecule has 23 heavy (non-hydrogen) atoms. The van der Waals surface area contributed by atoms with Gasteiger partial charge in [0.25, 0.3) is 0 Å². The number of hydrogen-bond acceptors (Lipinski definition) is 3. The van der Waals surface area contributed by atoms with Crippen LogP contribution in [-0.4, -0.2) is 59.6 Å². The van der Waals surface area contributed by atoms with Gasteiger partial charge in [-0.05, 0) is 50.6 Å². The first-order valence-electron chi connectivity index (χ1n) is 7.98. The van der Waals surface area contributed by atoms with Crippen molar-refractivity contribution in [1.29, 1.82) is 0 Å². The lowest BCUT2D eigenvalue weighted by Crippen LogP contribution is -2.50. The summed E-state index contributed by atoms with van der Waals surface area (Å²) >= 11 is 11.9. The third kappa shape index (κ3) is 5.08. The molecule has 2 rings (SSSR count). The number of halogens is 2. The lowest BCUT2D eigenvalue weighted by Gasteiger charge is -2.33. The molecule has 1 aliphatic rings. The van der Waals surface area contributed by atoms with Gasteiger partial charge in [0.05, 0.1) is 28.6 Å². The third-order valence-corrected chi connectivity index (χ3v) is 5.17. The van der Waals surface area contributed by atoms with Gasteiger partial charge in [0.2, 0.25) is 5.91 Å². The van der Waals surface area contributed by atoms with Crippen molar-refractivity contribution in [2.75, 3.05) is 26.7 Å². The number of hydrogen-bond donors (Lipinski definition) is 1. The van der Waals surface area contributed by atoms with Crippen molar-refractivity contribution in [2.45, 2.75) is 38.3 Å². The fourth-order valence-corrected chi connectivity index (χ4v) is 3.28. The van der Waals surface area contributed by atoms with Gasteiger partial charge in [-0.15, -0.1) is 0 Å². The van der Waals surface area contributed by atoms with Crippen molar-refractivity contribution in [1.82, 2.24) is 9.80 Å². The van der Waals surface area contributed by atoms with Crippen LogP contribution in [0.15, 0.2) is 18.2 Å². The van der Waals surface area contributed by atoms with Crippen LogP contribution in [0.25, 0.3) is 0 Å². The maximum Gasteiger partial charge on any atom is 0.227 e. The number of nitrogens with zero attached hydrogens (tertiary/aromatic N) is 2. The normalized spacial score (nSPS) is 18.0. The van der Waals surface area contributed by atoms with Crippen LogP contribution in [0.1, 0.15) is 25.3 Å². The van der Waals surface area contributed by atoms with Crippen LogP contribution < -0.4 is 0 Å². The van der Waals surface area contributed by atoms with Crippen LogP contribution in [0.4, 0.5) is 0 Å². The first-order chi connectivity index (χ1) is 10.9. The Morgan fingerprint density at radius 3 is 2.52 bits per heavy atom. The zero-order valence-corrected chi connectivity index (χ0v) is 15.1. The van der Waals surface area contributed by atoms with Crippen LogP contribution in [0.5, 0.6) is 0 Å². The second-order valence-electron chi connectivity index (χ2n) is 6.25. The number of benzene rings is 1. The molecule has 1 heterocycles. The Hall–Kier alpha value is -0.810. The van der Waals surface area contributed by atoms with Crippen molar-refractivity contribution >= 4 is 29.1 Å². The van der Waals surface area contributed by atoms with Crippen LogP contribution in [-0.2, 0) is 11.2 Å². The minimum Gasteiger partial charge on any atom is -0.391 e. The highest BCUT2D eigenvalue weighted by Crippen LogP contribution is 2.23. The van der Waals surface area contributed by atoms with E-state index in [0.717, 1.165) is 18.7 Å². The molecule has 0 aromatic heterocycles. The second-order valence-corrected chi connectivity index (χ2v) is 7.06. The van der Waals surface area contributed by atoms with E-state index in [9.17, 15) is 9.90 Å². The minimum atomic E-state index is -0.571. The summed E-state index contributed by atoms with van der Waals surface area (Å²) in [6.07, 6.45) is 2.05. The van der Waals surface area contributed by atoms with E-state index in [1.165, 1.54) is 12.8 Å². The lowest BCUT2D eigenvalue weighted by molar-refractivity contribution is -0.133. The molecular weight excluding hydrogens is 335 g/mol. The van der Waals surface area contributed by atoms with Gasteiger partial charge in [0, 0.05) is 13.6 Å². The largest absolute Gasteiger partial charge is 0.391 e. The maximum atomic E-state index is 12.5. The topological polar surface area (TPSA) is 43.8 Å². The van der Waals surface area contributed by atoms with Crippen molar-refractivity contribution in [3.8, 4) is 0 Å². The minimum absolute atomic E-state index is 0.0338. The van der Waals surface area contributed by atoms with Gasteiger partial charge >= 0.3 is 0 Å². The molecule has 128 valence electrons. The second kappa shape index (κ2) is 8.34. The fraction of sp³-hybridized carbons (Fsp3) is 0.588. The average Bonchev–Trinajstić information content (AvgIpc) is 3.00. The number of carbonyl (C=O) groups excluding carboxylic acids is 1. The molecule has 2 atom stereocenters. The molecular formula is C17H24Cl2N2O2. The van der Waals surface area contributed by atoms with E-state index in [-0.39, 0.29) is 18.4 Å². The summed E-state index contributed by atoms with van der Waals surface area (Å²) < 4.78 is 0. The number of likely N-dealkylation sites (N-methyl/N-ethyl adjacent to an activating group) is 1. The molecule has 4 nitrogen and oxygen atoms in total. The van der Waals surface area contributed by atoms with Gasteiger partial charge in [0.15, 0.2) is 0 Å². The molecule has 0 bridgehead atoms. The quantitative estimate of drug-likeness (QED) is 0.850. The molecule has 1 saturated heterocycles. The van der Waals surface area contributed by atoms with E-state index in [0.29, 0.717) is 16.6 Å². The van der Waals surface area contributed by atoms with Crippen LogP contribution >= 0.6 is 23.2 Å². The first-order valence-corrected chi connectivity index (χ1v) is 8.74. The Kier molecular flexibility index (Phi) is 6.72. The van der Waals surface area contributed by atoms with Crippen molar-refractivity contribution in [3.63, 3.8) is 0 Å². The van der Waals surface area contributed by atoms with E-state index >= 15 is 0 Å². The van der Waals surface area contributed by atoms with Crippen molar-refractivity contribution < 1.29 is 9.90 Å². The summed E-state index contributed by atoms with van der Waals surface area (Å²) in [5.74, 6) is -0.0338. The average molecular weight is 359 g/mol. The molecule has 1 fully saturated rings. The van der Waals surface area contributed by atoms with E-state index in [1.807, 2.05) is 0 Å². The molecule has 1 aliphatic heterocycles. The number of amides is 1. The summed E-state index contributed by atoms with van der Waals surface area (Å²) in [4.78, 5) is 16.5. The van der Waals surface area contributed by atoms with E-state index in [4.69, 9.17) is 23.2 Å². The predicted octanol–water partition coefficient (Wildman–Crippen LogP) is 2.84. The zero-order valence-electron chi connectivity index (χ0n) is 13.6. The Bertz CT molecular complexity index is 545. The Labute approximate surface area is 148 Å². The summed E-state index contributed by atoms with van der Waals surface area (Å²) in [6, 6.07) is 5.01. The smallest absolute Gasteiger partial charge is 0.227 e. The summed E-state index contributed by atoms with van der Waals surface area (Å²) in [5, 5.41) is 11.0. The monoisotopic (exact) mass is 358 g/mol. The van der Waals surface area contributed by atoms with Crippen LogP contribution in [0, 0.1) is 0 Å². The molecule has 1 aromatic carbocycles. The molecule has 1 aromatic rings. The molecule has 0 aliphatic carbocycles. The SMILES string of the molecule is CC(O)C(CN1CCCC1)N(C)C(=O)Cc1ccc(Cl)c(Cl)c1. The Morgan fingerprint density at radius 2 is 1.96 bits per heavy atom. The first kappa shape index (κ1) is 18.5. The van der Waals surface area contributed by atoms with Crippen LogP contribution in [0.3, 0.4) is 0 Å². The van der Waals surface area contributed by atoms with Gasteiger partial charge < -0.3 is 14.9 Å². The summed E-state index contributed by atoms with van der Waals surface area (Å²) in [6.45, 7) is 4.53.